The second-order valence-electron chi connectivity index (χ2n) is 17.1. The molecule has 5 rings (SSSR count). The lowest BCUT2D eigenvalue weighted by Crippen LogP contribution is -2.60. The molecule has 3 saturated heterocycles. The number of nitrogens with one attached hydrogen (secondary N) is 1. The maximum absolute atomic E-state index is 14.5. The van der Waals surface area contributed by atoms with E-state index in [1.54, 1.807) is 60.0 Å². The van der Waals surface area contributed by atoms with Crippen molar-refractivity contribution >= 4 is 46.4 Å². The van der Waals surface area contributed by atoms with Crippen LogP contribution in [0.1, 0.15) is 86.6 Å². The first kappa shape index (κ1) is 44.9. The Morgan fingerprint density at radius 1 is 1.03 bits per heavy atom. The average molecular weight is 808 g/mol. The SMILES string of the molecule is CC[C@H]1OC(=O)[C@H](C)C(=O)[C@H](C)[C@@H](O[C@@H]2O[C@H](C)C[C@H](N(C)C)[C@H]2O)[C@](C)(OC(=O)NC/C=C/c2cncc3ccccc23)C[C@@H](C)C(=O)[C@H](C)[C@H]2CC(=O)O[C@@]21C. The Morgan fingerprint density at radius 3 is 2.43 bits per heavy atom. The summed E-state index contributed by atoms with van der Waals surface area (Å²) in [6.45, 7) is 13.4. The Hall–Kier alpha value is -4.24. The van der Waals surface area contributed by atoms with Gasteiger partial charge in [-0.3, -0.25) is 24.2 Å². The molecule has 1 aromatic heterocycles. The summed E-state index contributed by atoms with van der Waals surface area (Å²) in [7, 11) is 3.66. The number of alkyl carbamates (subject to hydrolysis) is 1. The van der Waals surface area contributed by atoms with Crippen molar-refractivity contribution in [1.29, 1.82) is 0 Å². The number of carbonyl (C=O) groups excluding carboxylic acids is 5. The van der Waals surface area contributed by atoms with Crippen LogP contribution < -0.4 is 5.32 Å². The number of cyclic esters (lactones) is 1. The minimum absolute atomic E-state index is 0.0614. The largest absolute Gasteiger partial charge is 0.458 e. The number of ketones is 2. The zero-order valence-corrected chi connectivity index (χ0v) is 35.4. The zero-order chi connectivity index (χ0) is 42.7. The number of carbonyl (C=O) groups is 5. The topological polar surface area (TPSA) is 180 Å². The zero-order valence-electron chi connectivity index (χ0n) is 35.4. The highest BCUT2D eigenvalue weighted by atomic mass is 16.7. The molecule has 318 valence electrons. The van der Waals surface area contributed by atoms with E-state index in [-0.39, 0.29) is 43.7 Å². The van der Waals surface area contributed by atoms with Gasteiger partial charge in [0.15, 0.2) is 12.1 Å². The van der Waals surface area contributed by atoms with Crippen LogP contribution in [0.4, 0.5) is 4.79 Å². The predicted molar refractivity (Wildman–Crippen MR) is 215 cm³/mol. The van der Waals surface area contributed by atoms with Crippen molar-refractivity contribution in [2.24, 2.45) is 29.6 Å². The highest BCUT2D eigenvalue weighted by Crippen LogP contribution is 2.45. The molecule has 0 aliphatic carbocycles. The number of benzene rings is 1. The minimum atomic E-state index is -1.72. The van der Waals surface area contributed by atoms with Gasteiger partial charge in [-0.15, -0.1) is 0 Å². The van der Waals surface area contributed by atoms with Gasteiger partial charge in [-0.25, -0.2) is 4.79 Å². The van der Waals surface area contributed by atoms with Crippen molar-refractivity contribution in [3.8, 4) is 0 Å². The van der Waals surface area contributed by atoms with Crippen LogP contribution in [0.2, 0.25) is 0 Å². The van der Waals surface area contributed by atoms with E-state index in [9.17, 15) is 29.1 Å². The third kappa shape index (κ3) is 9.46. The summed E-state index contributed by atoms with van der Waals surface area (Å²) >= 11 is 0. The van der Waals surface area contributed by atoms with Gasteiger partial charge < -0.3 is 39.0 Å². The molecule has 14 nitrogen and oxygen atoms in total. The summed E-state index contributed by atoms with van der Waals surface area (Å²) in [5.74, 6) is -6.83. The molecule has 2 aromatic rings. The number of ether oxygens (including phenoxy) is 5. The molecule has 14 heteroatoms. The van der Waals surface area contributed by atoms with E-state index >= 15 is 0 Å². The predicted octanol–water partition coefficient (Wildman–Crippen LogP) is 5.27. The first-order valence-corrected chi connectivity index (χ1v) is 20.4. The number of fused-ring (bicyclic) bond motifs is 2. The van der Waals surface area contributed by atoms with Crippen molar-refractivity contribution in [2.75, 3.05) is 20.6 Å². The summed E-state index contributed by atoms with van der Waals surface area (Å²) in [6, 6.07) is 7.43. The number of pyridine rings is 1. The van der Waals surface area contributed by atoms with E-state index < -0.39 is 89.2 Å². The summed E-state index contributed by atoms with van der Waals surface area (Å²) in [6.07, 6.45) is 1.78. The number of hydrogen-bond donors (Lipinski definition) is 2. The van der Waals surface area contributed by atoms with Crippen LogP contribution in [0.15, 0.2) is 42.7 Å². The highest BCUT2D eigenvalue weighted by Gasteiger charge is 2.57. The lowest BCUT2D eigenvalue weighted by molar-refractivity contribution is -0.292. The maximum atomic E-state index is 14.5. The van der Waals surface area contributed by atoms with Crippen LogP contribution in [0.5, 0.6) is 0 Å². The summed E-state index contributed by atoms with van der Waals surface area (Å²) in [5, 5.41) is 16.3. The molecule has 1 amide bonds. The molecule has 0 radical (unpaired) electrons. The number of aliphatic hydroxyl groups is 1. The van der Waals surface area contributed by atoms with Crippen molar-refractivity contribution in [3.63, 3.8) is 0 Å². The van der Waals surface area contributed by atoms with Gasteiger partial charge in [-0.2, -0.15) is 0 Å². The van der Waals surface area contributed by atoms with Crippen molar-refractivity contribution in [1.82, 2.24) is 15.2 Å². The number of rotatable bonds is 8. The monoisotopic (exact) mass is 807 g/mol. The third-order valence-electron chi connectivity index (χ3n) is 12.5. The minimum Gasteiger partial charge on any atom is -0.458 e. The first-order chi connectivity index (χ1) is 27.3. The number of esters is 2. The number of aromatic nitrogens is 1. The number of hydrogen-bond acceptors (Lipinski definition) is 13. The Morgan fingerprint density at radius 2 is 1.74 bits per heavy atom. The molecule has 0 saturated carbocycles. The third-order valence-corrected chi connectivity index (χ3v) is 12.5. The van der Waals surface area contributed by atoms with Gasteiger partial charge in [0.2, 0.25) is 0 Å². The quantitative estimate of drug-likeness (QED) is 0.200. The smallest absolute Gasteiger partial charge is 0.408 e. The first-order valence-electron chi connectivity index (χ1n) is 20.4. The molecule has 0 unspecified atom stereocenters. The molecule has 13 atom stereocenters. The van der Waals surface area contributed by atoms with Gasteiger partial charge in [0, 0.05) is 59.6 Å². The molecule has 3 aliphatic rings. The number of amides is 1. The second-order valence-corrected chi connectivity index (χ2v) is 17.1. The molecule has 1 aromatic carbocycles. The molecule has 2 N–H and O–H groups in total. The van der Waals surface area contributed by atoms with Gasteiger partial charge in [0.1, 0.15) is 41.2 Å². The molecule has 58 heavy (non-hydrogen) atoms. The molecular weight excluding hydrogens is 746 g/mol. The van der Waals surface area contributed by atoms with E-state index in [2.05, 4.69) is 10.3 Å². The Kier molecular flexibility index (Phi) is 14.2. The van der Waals surface area contributed by atoms with Crippen LogP contribution in [0, 0.1) is 29.6 Å². The second kappa shape index (κ2) is 18.4. The van der Waals surface area contributed by atoms with E-state index in [1.165, 1.54) is 6.92 Å². The fraction of sp³-hybridized carbons (Fsp3) is 0.636. The molecule has 0 bridgehead atoms. The normalized spacial score (nSPS) is 36.7. The van der Waals surface area contributed by atoms with Crippen molar-refractivity contribution < 1.29 is 52.8 Å². The summed E-state index contributed by atoms with van der Waals surface area (Å²) in [4.78, 5) is 75.6. The van der Waals surface area contributed by atoms with E-state index in [1.807, 2.05) is 56.3 Å². The van der Waals surface area contributed by atoms with Crippen LogP contribution in [0.25, 0.3) is 16.8 Å². The molecule has 3 fully saturated rings. The molecule has 4 heterocycles. The summed E-state index contributed by atoms with van der Waals surface area (Å²) in [5.41, 5.74) is -2.20. The van der Waals surface area contributed by atoms with Crippen molar-refractivity contribution in [2.45, 2.75) is 129 Å². The Labute approximate surface area is 341 Å². The fourth-order valence-corrected chi connectivity index (χ4v) is 9.24. The number of Topliss-reactive ketones (excluding diaryl/α,β-unsaturated/α-hetero) is 2. The van der Waals surface area contributed by atoms with E-state index in [0.29, 0.717) is 6.42 Å². The van der Waals surface area contributed by atoms with Gasteiger partial charge >= 0.3 is 18.0 Å². The van der Waals surface area contributed by atoms with Crippen molar-refractivity contribution in [3.05, 3.63) is 48.3 Å². The van der Waals surface area contributed by atoms with Crippen LogP contribution in [-0.2, 0) is 42.9 Å². The lowest BCUT2D eigenvalue weighted by atomic mass is 9.70. The highest BCUT2D eigenvalue weighted by molar-refractivity contribution is 6.00. The van der Waals surface area contributed by atoms with Gasteiger partial charge in [-0.1, -0.05) is 64.1 Å². The number of likely N-dealkylation sites (N-methyl/N-ethyl adjacent to an activating group) is 1. The van der Waals surface area contributed by atoms with Crippen LogP contribution in [-0.4, -0.2) is 113 Å². The van der Waals surface area contributed by atoms with Crippen LogP contribution >= 0.6 is 0 Å². The van der Waals surface area contributed by atoms with Gasteiger partial charge in [-0.05, 0) is 66.4 Å². The number of nitrogens with zero attached hydrogens (tertiary/aromatic N) is 2. The Bertz CT molecular complexity index is 1860. The fourth-order valence-electron chi connectivity index (χ4n) is 9.24. The summed E-state index contributed by atoms with van der Waals surface area (Å²) < 4.78 is 30.9. The standard InChI is InChI=1S/C44H61N3O11/c1-11-34-44(8)32(20-35(48)57-44)26(4)36(49)24(2)21-43(7,58-42(53)46-18-14-16-30-23-45-22-29-15-12-13-17-31(29)30)39(27(5)37(50)28(6)40(52)55-34)56-41-38(51)33(47(9)10)19-25(3)54-41/h12-17,22-28,32-34,38-39,41,51H,11,18-21H2,1-10H3,(H,46,53)/b16-14+/t24-,25-,26-,27+,28-,32-,33+,34-,38-,39-,41+,43-,44+/m1/s1. The number of aliphatic hydroxyl groups excluding tert-OH is 1. The van der Waals surface area contributed by atoms with E-state index in [4.69, 9.17) is 23.7 Å². The Balaban J connectivity index is 1.52. The van der Waals surface area contributed by atoms with Gasteiger partial charge in [0.05, 0.1) is 12.5 Å². The van der Waals surface area contributed by atoms with E-state index in [0.717, 1.165) is 16.3 Å². The average Bonchev–Trinajstić information content (AvgIpc) is 3.50. The molecule has 0 spiro atoms. The maximum Gasteiger partial charge on any atom is 0.408 e. The van der Waals surface area contributed by atoms with Gasteiger partial charge in [0.25, 0.3) is 0 Å². The molecule has 3 aliphatic heterocycles. The molecular formula is C44H61N3O11. The van der Waals surface area contributed by atoms with Crippen LogP contribution in [0.3, 0.4) is 0 Å². The lowest BCUT2D eigenvalue weighted by Gasteiger charge is -2.47.